The number of hydrogen-bond acceptors (Lipinski definition) is 10. The third-order valence-electron chi connectivity index (χ3n) is 13.5. The SMILES string of the molecule is c1ccc(-c2nc(-c3ccccc3)nc(-c3cc(-c4cc(-c5nc(-c6ccccc6)nc(-c6ccccc6)n5)cc(N5c6ccccc6Oc6ccccc65)c4)cc(N4c5ccccc5Oc5ccccc54)c3)n2)cc1. The number of para-hydroxylation sites is 8. The lowest BCUT2D eigenvalue weighted by Crippen LogP contribution is -2.16. The van der Waals surface area contributed by atoms with Crippen LogP contribution < -0.4 is 19.3 Å². The van der Waals surface area contributed by atoms with E-state index in [1.165, 1.54) is 0 Å². The molecule has 10 aromatic carbocycles. The summed E-state index contributed by atoms with van der Waals surface area (Å²) >= 11 is 0. The summed E-state index contributed by atoms with van der Waals surface area (Å²) in [4.78, 5) is 35.8. The zero-order chi connectivity index (χ0) is 50.4. The third-order valence-corrected chi connectivity index (χ3v) is 13.5. The molecule has 76 heavy (non-hydrogen) atoms. The number of nitrogens with zero attached hydrogens (tertiary/aromatic N) is 8. The molecule has 0 atom stereocenters. The topological polar surface area (TPSA) is 102 Å². The fraction of sp³-hybridized carbons (Fsp3) is 0. The van der Waals surface area contributed by atoms with E-state index < -0.39 is 0 Å². The van der Waals surface area contributed by atoms with Crippen molar-refractivity contribution in [2.75, 3.05) is 9.80 Å². The lowest BCUT2D eigenvalue weighted by atomic mass is 9.96. The number of hydrogen-bond donors (Lipinski definition) is 0. The van der Waals surface area contributed by atoms with Crippen molar-refractivity contribution in [3.63, 3.8) is 0 Å². The second-order valence-corrected chi connectivity index (χ2v) is 18.4. The van der Waals surface area contributed by atoms with Crippen molar-refractivity contribution < 1.29 is 9.47 Å². The monoisotopic (exact) mass is 978 g/mol. The second kappa shape index (κ2) is 18.8. The highest BCUT2D eigenvalue weighted by Crippen LogP contribution is 2.53. The first-order valence-electron chi connectivity index (χ1n) is 25.0. The molecule has 10 heteroatoms. The highest BCUT2D eigenvalue weighted by molar-refractivity contribution is 5.93. The predicted octanol–water partition coefficient (Wildman–Crippen LogP) is 16.9. The fourth-order valence-electron chi connectivity index (χ4n) is 9.91. The second-order valence-electron chi connectivity index (χ2n) is 18.4. The van der Waals surface area contributed by atoms with Gasteiger partial charge in [-0.3, -0.25) is 0 Å². The molecule has 2 aliphatic heterocycles. The molecule has 0 saturated heterocycles. The molecule has 0 unspecified atom stereocenters. The predicted molar refractivity (Wildman–Crippen MR) is 301 cm³/mol. The van der Waals surface area contributed by atoms with Gasteiger partial charge in [0.15, 0.2) is 57.9 Å². The summed E-state index contributed by atoms with van der Waals surface area (Å²) in [5.41, 5.74) is 12.1. The molecule has 0 aliphatic carbocycles. The molecule has 0 amide bonds. The molecule has 358 valence electrons. The van der Waals surface area contributed by atoms with Gasteiger partial charge >= 0.3 is 0 Å². The van der Waals surface area contributed by atoms with Gasteiger partial charge in [-0.25, -0.2) is 29.9 Å². The van der Waals surface area contributed by atoms with Crippen molar-refractivity contribution in [1.82, 2.24) is 29.9 Å². The van der Waals surface area contributed by atoms with E-state index in [0.717, 1.165) is 102 Å². The first-order chi connectivity index (χ1) is 37.6. The summed E-state index contributed by atoms with van der Waals surface area (Å²) in [5.74, 6) is 6.20. The van der Waals surface area contributed by atoms with E-state index >= 15 is 0 Å². The molecule has 0 radical (unpaired) electrons. The zero-order valence-electron chi connectivity index (χ0n) is 40.6. The van der Waals surface area contributed by atoms with Gasteiger partial charge in [0.05, 0.1) is 22.7 Å². The Morgan fingerprint density at radius 3 is 0.711 bits per heavy atom. The van der Waals surface area contributed by atoms with Crippen LogP contribution in [0.1, 0.15) is 0 Å². The summed E-state index contributed by atoms with van der Waals surface area (Å²) in [6.07, 6.45) is 0. The minimum atomic E-state index is 0.510. The number of benzene rings is 10. The van der Waals surface area contributed by atoms with Gasteiger partial charge in [0.1, 0.15) is 0 Å². The summed E-state index contributed by atoms with van der Waals surface area (Å²) in [7, 11) is 0. The average Bonchev–Trinajstić information content (AvgIpc) is 3.55. The Bertz CT molecular complexity index is 3670. The van der Waals surface area contributed by atoms with Crippen molar-refractivity contribution >= 4 is 34.1 Å². The van der Waals surface area contributed by atoms with Crippen LogP contribution in [0.2, 0.25) is 0 Å². The normalized spacial score (nSPS) is 12.1. The average molecular weight is 979 g/mol. The van der Waals surface area contributed by atoms with Gasteiger partial charge < -0.3 is 19.3 Å². The van der Waals surface area contributed by atoms with Gasteiger partial charge in [-0.05, 0) is 96.1 Å². The molecular formula is C66H42N8O2. The van der Waals surface area contributed by atoms with Crippen molar-refractivity contribution in [3.05, 3.63) is 255 Å². The molecule has 0 fully saturated rings. The van der Waals surface area contributed by atoms with Crippen LogP contribution in [0.25, 0.3) is 79.5 Å². The summed E-state index contributed by atoms with van der Waals surface area (Å²) in [6, 6.07) is 85.8. The summed E-state index contributed by atoms with van der Waals surface area (Å²) < 4.78 is 13.1. The Kier molecular flexibility index (Phi) is 10.9. The summed E-state index contributed by atoms with van der Waals surface area (Å²) in [5, 5.41) is 0. The molecule has 0 saturated carbocycles. The van der Waals surface area contributed by atoms with E-state index in [0.29, 0.717) is 34.9 Å². The van der Waals surface area contributed by atoms with Crippen molar-refractivity contribution in [2.24, 2.45) is 0 Å². The molecule has 12 aromatic rings. The van der Waals surface area contributed by atoms with E-state index in [4.69, 9.17) is 39.4 Å². The van der Waals surface area contributed by atoms with Gasteiger partial charge in [0, 0.05) is 44.8 Å². The van der Waals surface area contributed by atoms with Crippen LogP contribution in [-0.2, 0) is 0 Å². The van der Waals surface area contributed by atoms with Crippen molar-refractivity contribution in [1.29, 1.82) is 0 Å². The first-order valence-corrected chi connectivity index (χ1v) is 25.0. The Balaban J connectivity index is 1.05. The van der Waals surface area contributed by atoms with Gasteiger partial charge in [-0.2, -0.15) is 0 Å². The molecule has 10 nitrogen and oxygen atoms in total. The smallest absolute Gasteiger partial charge is 0.164 e. The first kappa shape index (κ1) is 44.1. The molecule has 4 heterocycles. The standard InChI is InChI=1S/C66H42N8O2/c1-5-21-43(22-6-1)61-67-62(44-23-7-2-8-24-44)70-65(69-61)49-37-47(39-51(41-49)73-53-29-13-17-33-57(53)75-58-34-18-14-30-54(58)73)48-38-50(42-52(40-48)74-55-31-15-19-35-59(55)76-60-36-20-16-32-56(60)74)66-71-63(45-25-9-3-10-26-45)68-64(72-66)46-27-11-4-12-28-46/h1-42H. The number of ether oxygens (including phenoxy) is 2. The zero-order valence-corrected chi connectivity index (χ0v) is 40.6. The Labute approximate surface area is 438 Å². The minimum absolute atomic E-state index is 0.510. The van der Waals surface area contributed by atoms with Crippen molar-refractivity contribution in [3.8, 4) is 102 Å². The van der Waals surface area contributed by atoms with Crippen LogP contribution in [0.5, 0.6) is 23.0 Å². The highest BCUT2D eigenvalue weighted by atomic mass is 16.5. The lowest BCUT2D eigenvalue weighted by Gasteiger charge is -2.34. The molecular weight excluding hydrogens is 937 g/mol. The maximum atomic E-state index is 6.57. The van der Waals surface area contributed by atoms with E-state index in [1.54, 1.807) is 0 Å². The molecule has 0 N–H and O–H groups in total. The number of rotatable bonds is 9. The van der Waals surface area contributed by atoms with Crippen LogP contribution in [0.4, 0.5) is 34.1 Å². The Morgan fingerprint density at radius 1 is 0.211 bits per heavy atom. The largest absolute Gasteiger partial charge is 0.453 e. The third kappa shape index (κ3) is 8.22. The number of fused-ring (bicyclic) bond motifs is 4. The van der Waals surface area contributed by atoms with Gasteiger partial charge in [-0.1, -0.05) is 170 Å². The lowest BCUT2D eigenvalue weighted by molar-refractivity contribution is 0.476. The fourth-order valence-corrected chi connectivity index (χ4v) is 9.91. The summed E-state index contributed by atoms with van der Waals surface area (Å²) in [6.45, 7) is 0. The van der Waals surface area contributed by atoms with Gasteiger partial charge in [0.25, 0.3) is 0 Å². The minimum Gasteiger partial charge on any atom is -0.453 e. The van der Waals surface area contributed by atoms with Gasteiger partial charge in [-0.15, -0.1) is 0 Å². The number of aromatic nitrogens is 6. The van der Waals surface area contributed by atoms with E-state index in [9.17, 15) is 0 Å². The quantitative estimate of drug-likeness (QED) is 0.139. The Hall–Kier alpha value is -10.6. The van der Waals surface area contributed by atoms with Crippen LogP contribution in [0, 0.1) is 0 Å². The molecule has 14 rings (SSSR count). The van der Waals surface area contributed by atoms with E-state index in [-0.39, 0.29) is 0 Å². The van der Waals surface area contributed by atoms with Crippen LogP contribution in [0.15, 0.2) is 255 Å². The van der Waals surface area contributed by atoms with Crippen LogP contribution in [-0.4, -0.2) is 29.9 Å². The van der Waals surface area contributed by atoms with Gasteiger partial charge in [0.2, 0.25) is 0 Å². The van der Waals surface area contributed by atoms with Crippen LogP contribution >= 0.6 is 0 Å². The maximum absolute atomic E-state index is 6.57. The molecule has 0 spiro atoms. The molecule has 2 aliphatic rings. The van der Waals surface area contributed by atoms with Crippen molar-refractivity contribution in [2.45, 2.75) is 0 Å². The van der Waals surface area contributed by atoms with E-state index in [2.05, 4.69) is 70.5 Å². The highest BCUT2D eigenvalue weighted by Gasteiger charge is 2.29. The molecule has 2 aromatic heterocycles. The molecule has 0 bridgehead atoms. The van der Waals surface area contributed by atoms with E-state index in [1.807, 2.05) is 194 Å². The van der Waals surface area contributed by atoms with Crippen LogP contribution in [0.3, 0.4) is 0 Å². The Morgan fingerprint density at radius 2 is 0.434 bits per heavy atom. The number of anilines is 6. The maximum Gasteiger partial charge on any atom is 0.164 e.